The van der Waals surface area contributed by atoms with E-state index in [-0.39, 0.29) is 0 Å². The number of rotatable bonds is 8. The van der Waals surface area contributed by atoms with E-state index in [2.05, 4.69) is 48.3 Å². The molecule has 0 atom stereocenters. The highest BCUT2D eigenvalue weighted by molar-refractivity contribution is 5.89. The van der Waals surface area contributed by atoms with Gasteiger partial charge in [0.05, 0.1) is 17.8 Å². The van der Waals surface area contributed by atoms with Gasteiger partial charge in [-0.1, -0.05) is 18.2 Å². The number of aliphatic carboxylic acids is 2. The maximum atomic E-state index is 12.9. The number of carboxylic acid groups (broad SMARTS) is 2. The zero-order valence-electron chi connectivity index (χ0n) is 19.3. The average molecular weight is 485 g/mol. The first kappa shape index (κ1) is 25.8. The second kappa shape index (κ2) is 13.1. The Labute approximate surface area is 202 Å². The maximum Gasteiger partial charge on any atom is 0.328 e. The molecule has 1 aromatic carbocycles. The molecule has 1 saturated heterocycles. The number of fused-ring (bicyclic) bond motifs is 1. The van der Waals surface area contributed by atoms with Crippen LogP contribution in [0.1, 0.15) is 12.8 Å². The van der Waals surface area contributed by atoms with Gasteiger partial charge < -0.3 is 20.4 Å². The normalized spacial score (nSPS) is 15.6. The molecule has 3 heterocycles. The lowest BCUT2D eigenvalue weighted by Crippen LogP contribution is -2.47. The molecule has 0 bridgehead atoms. The van der Waals surface area contributed by atoms with Crippen LogP contribution in [-0.4, -0.2) is 82.8 Å². The molecule has 1 fully saturated rings. The Morgan fingerprint density at radius 3 is 2.34 bits per heavy atom. The molecule has 11 heteroatoms. The van der Waals surface area contributed by atoms with Crippen molar-refractivity contribution >= 4 is 23.6 Å². The van der Waals surface area contributed by atoms with E-state index in [1.54, 1.807) is 0 Å². The monoisotopic (exact) mass is 484 g/mol. The van der Waals surface area contributed by atoms with Crippen LogP contribution >= 0.6 is 0 Å². The number of aromatic nitrogens is 2. The first-order valence-electron chi connectivity index (χ1n) is 11.4. The van der Waals surface area contributed by atoms with Crippen LogP contribution in [0.4, 0.5) is 10.3 Å². The Hall–Kier alpha value is -3.86. The minimum absolute atomic E-state index is 0.392. The van der Waals surface area contributed by atoms with E-state index in [1.165, 1.54) is 23.3 Å². The second-order valence-corrected chi connectivity index (χ2v) is 7.95. The maximum absolute atomic E-state index is 12.9. The van der Waals surface area contributed by atoms with Crippen LogP contribution in [0.2, 0.25) is 0 Å². The number of para-hydroxylation sites is 1. The highest BCUT2D eigenvalue weighted by atomic mass is 19.1. The Bertz CT molecular complexity index is 1130. The quantitative estimate of drug-likeness (QED) is 0.357. The molecule has 10 nitrogen and oxygen atoms in total. The standard InChI is InChI=1S/C20H25FN6.C4H4O4/c21-16-14-24-20(25-15-16)27-12-10-26(11-13-27)9-3-7-22-19-6-8-23-18-5-2-1-4-17(18)19;5-3(6)1-2-4(7)8/h1-2,4-5,14-15,22H,3,6-13H2;1-2H,(H,5,6)(H,7,8). The van der Waals surface area contributed by atoms with E-state index >= 15 is 0 Å². The number of halogens is 1. The molecule has 0 saturated carbocycles. The van der Waals surface area contributed by atoms with Crippen LogP contribution in [0, 0.1) is 5.82 Å². The molecule has 2 aliphatic heterocycles. The van der Waals surface area contributed by atoms with Crippen LogP contribution in [0.15, 0.2) is 53.8 Å². The van der Waals surface area contributed by atoms with Crippen molar-refractivity contribution in [3.8, 4) is 0 Å². The Balaban J connectivity index is 0.000000371. The lowest BCUT2D eigenvalue weighted by atomic mass is 10.1. The van der Waals surface area contributed by atoms with E-state index in [1.807, 2.05) is 6.07 Å². The minimum atomic E-state index is -1.26. The number of nitrogens with one attached hydrogen (secondary N) is 1. The van der Waals surface area contributed by atoms with Crippen molar-refractivity contribution < 1.29 is 24.2 Å². The van der Waals surface area contributed by atoms with Crippen molar-refractivity contribution in [2.45, 2.75) is 12.8 Å². The summed E-state index contributed by atoms with van der Waals surface area (Å²) in [5.41, 5.74) is 1.32. The van der Waals surface area contributed by atoms with E-state index < -0.39 is 17.8 Å². The summed E-state index contributed by atoms with van der Waals surface area (Å²) in [6.07, 6.45) is 5.68. The van der Waals surface area contributed by atoms with Crippen molar-refractivity contribution in [3.05, 3.63) is 65.2 Å². The van der Waals surface area contributed by atoms with Crippen molar-refractivity contribution in [2.75, 3.05) is 50.7 Å². The van der Waals surface area contributed by atoms with Gasteiger partial charge in [0, 0.05) is 68.8 Å². The molecule has 2 aliphatic rings. The zero-order valence-corrected chi connectivity index (χ0v) is 19.3. The summed E-state index contributed by atoms with van der Waals surface area (Å²) >= 11 is 0. The summed E-state index contributed by atoms with van der Waals surface area (Å²) in [5, 5.41) is 21.6. The van der Waals surface area contributed by atoms with Crippen molar-refractivity contribution in [2.24, 2.45) is 4.99 Å². The lowest BCUT2D eigenvalue weighted by molar-refractivity contribution is -0.134. The van der Waals surface area contributed by atoms with Crippen LogP contribution < -0.4 is 20.8 Å². The molecule has 0 unspecified atom stereocenters. The molecule has 35 heavy (non-hydrogen) atoms. The smallest absolute Gasteiger partial charge is 0.328 e. The molecule has 1 aromatic heterocycles. The van der Waals surface area contributed by atoms with Crippen LogP contribution in [0.5, 0.6) is 0 Å². The third-order valence-electron chi connectivity index (χ3n) is 5.49. The number of benzene rings is 1. The number of anilines is 1. The van der Waals surface area contributed by atoms with Gasteiger partial charge in [0.1, 0.15) is 0 Å². The molecule has 186 valence electrons. The highest BCUT2D eigenvalue weighted by Gasteiger charge is 2.18. The molecule has 4 rings (SSSR count). The van der Waals surface area contributed by atoms with E-state index in [0.29, 0.717) is 18.1 Å². The van der Waals surface area contributed by atoms with Gasteiger partial charge in [-0.3, -0.25) is 9.89 Å². The summed E-state index contributed by atoms with van der Waals surface area (Å²) in [6, 6.07) is 8.35. The number of nitrogens with zero attached hydrogens (tertiary/aromatic N) is 5. The summed E-state index contributed by atoms with van der Waals surface area (Å²) < 4.78 is 12.9. The molecular weight excluding hydrogens is 455 g/mol. The van der Waals surface area contributed by atoms with E-state index in [0.717, 1.165) is 64.0 Å². The number of carboxylic acids is 2. The zero-order chi connectivity index (χ0) is 25.0. The van der Waals surface area contributed by atoms with Gasteiger partial charge in [-0.2, -0.15) is 0 Å². The minimum Gasteiger partial charge on any atom is -0.478 e. The molecule has 0 amide bonds. The third-order valence-corrected chi connectivity index (χ3v) is 5.49. The van der Waals surface area contributed by atoms with E-state index in [9.17, 15) is 14.0 Å². The predicted molar refractivity (Wildman–Crippen MR) is 128 cm³/mol. The number of hydrogen-bond donors (Lipinski definition) is 3. The van der Waals surface area contributed by atoms with Crippen molar-refractivity contribution in [1.29, 1.82) is 0 Å². The predicted octanol–water partition coefficient (Wildman–Crippen LogP) is 0.261. The molecular formula is C24H29FN6O4. The fraction of sp³-hybridized carbons (Fsp3) is 0.375. The molecule has 0 radical (unpaired) electrons. The Kier molecular flexibility index (Phi) is 9.67. The largest absolute Gasteiger partial charge is 0.478 e. The first-order chi connectivity index (χ1) is 16.9. The van der Waals surface area contributed by atoms with Gasteiger partial charge >= 0.3 is 11.9 Å². The summed E-state index contributed by atoms with van der Waals surface area (Å²) in [5.74, 6) is -2.28. The van der Waals surface area contributed by atoms with Gasteiger partial charge in [0.2, 0.25) is 5.95 Å². The van der Waals surface area contributed by atoms with Gasteiger partial charge in [-0.15, -0.1) is 0 Å². The molecule has 2 aromatic rings. The molecule has 0 aliphatic carbocycles. The lowest BCUT2D eigenvalue weighted by Gasteiger charge is -2.34. The van der Waals surface area contributed by atoms with Crippen molar-refractivity contribution in [1.82, 2.24) is 20.2 Å². The number of carbonyl (C=O) groups is 2. The number of hydrogen-bond acceptors (Lipinski definition) is 8. The Morgan fingerprint density at radius 1 is 1.03 bits per heavy atom. The second-order valence-electron chi connectivity index (χ2n) is 7.95. The fourth-order valence-corrected chi connectivity index (χ4v) is 3.80. The Morgan fingerprint density at radius 2 is 1.69 bits per heavy atom. The summed E-state index contributed by atoms with van der Waals surface area (Å²) in [7, 11) is 0. The first-order valence-corrected chi connectivity index (χ1v) is 11.4. The highest BCUT2D eigenvalue weighted by Crippen LogP contribution is 2.10. The van der Waals surface area contributed by atoms with Crippen LogP contribution in [0.25, 0.3) is 5.70 Å². The van der Waals surface area contributed by atoms with Gasteiger partial charge in [-0.05, 0) is 19.0 Å². The van der Waals surface area contributed by atoms with E-state index in [4.69, 9.17) is 10.2 Å². The molecule has 0 spiro atoms. The molecule has 3 N–H and O–H groups in total. The van der Waals surface area contributed by atoms with Crippen LogP contribution in [0.3, 0.4) is 0 Å². The fourth-order valence-electron chi connectivity index (χ4n) is 3.80. The van der Waals surface area contributed by atoms with Gasteiger partial charge in [-0.25, -0.2) is 23.9 Å². The van der Waals surface area contributed by atoms with Gasteiger partial charge in [0.15, 0.2) is 5.82 Å². The number of piperazine rings is 1. The topological polar surface area (TPSA) is 131 Å². The average Bonchev–Trinajstić information content (AvgIpc) is 2.87. The summed E-state index contributed by atoms with van der Waals surface area (Å²) in [6.45, 7) is 6.65. The van der Waals surface area contributed by atoms with Crippen molar-refractivity contribution in [3.63, 3.8) is 0 Å². The van der Waals surface area contributed by atoms with Crippen LogP contribution in [-0.2, 0) is 9.59 Å². The third kappa shape index (κ3) is 8.45. The summed E-state index contributed by atoms with van der Waals surface area (Å²) in [4.78, 5) is 36.4. The van der Waals surface area contributed by atoms with Gasteiger partial charge in [0.25, 0.3) is 0 Å². The SMILES string of the molecule is Fc1cnc(N2CCN(CCCNC3=c4ccccc4=NCC3)CC2)nc1.O=C(O)C=CC(=O)O.